The second-order valence-corrected chi connectivity index (χ2v) is 6.03. The van der Waals surface area contributed by atoms with Gasteiger partial charge in [0.1, 0.15) is 0 Å². The molecule has 2 atom stereocenters. The van der Waals surface area contributed by atoms with Crippen LogP contribution in [0.5, 0.6) is 0 Å². The number of hydrogen-bond acceptors (Lipinski definition) is 2. The lowest BCUT2D eigenvalue weighted by Gasteiger charge is -2.20. The average Bonchev–Trinajstić information content (AvgIpc) is 2.50. The number of halogens is 2. The number of rotatable bonds is 4. The van der Waals surface area contributed by atoms with Crippen LogP contribution in [0, 0.1) is 22.7 Å². The van der Waals surface area contributed by atoms with E-state index in [4.69, 9.17) is 16.9 Å². The van der Waals surface area contributed by atoms with Gasteiger partial charge in [-0.05, 0) is 35.4 Å². The molecule has 0 amide bonds. The lowest BCUT2D eigenvalue weighted by atomic mass is 9.80. The monoisotopic (exact) mass is 358 g/mol. The Hall–Kier alpha value is -1.81. The summed E-state index contributed by atoms with van der Waals surface area (Å²) in [6, 6.07) is 19.5. The van der Waals surface area contributed by atoms with E-state index in [0.29, 0.717) is 5.02 Å². The van der Waals surface area contributed by atoms with E-state index in [2.05, 4.69) is 28.1 Å². The van der Waals surface area contributed by atoms with Crippen LogP contribution < -0.4 is 0 Å². The molecule has 2 unspecified atom stereocenters. The highest BCUT2D eigenvalue weighted by molar-refractivity contribution is 9.10. The second kappa shape index (κ2) is 7.27. The molecule has 104 valence electrons. The zero-order valence-corrected chi connectivity index (χ0v) is 13.5. The van der Waals surface area contributed by atoms with Gasteiger partial charge in [0, 0.05) is 21.8 Å². The molecule has 0 saturated heterocycles. The third-order valence-corrected chi connectivity index (χ3v) is 4.16. The van der Waals surface area contributed by atoms with Gasteiger partial charge in [-0.1, -0.05) is 51.8 Å². The van der Waals surface area contributed by atoms with E-state index < -0.39 is 0 Å². The van der Waals surface area contributed by atoms with Crippen LogP contribution >= 0.6 is 27.5 Å². The topological polar surface area (TPSA) is 47.6 Å². The first-order valence-electron chi connectivity index (χ1n) is 6.43. The van der Waals surface area contributed by atoms with Crippen molar-refractivity contribution in [3.63, 3.8) is 0 Å². The first-order valence-corrected chi connectivity index (χ1v) is 7.60. The van der Waals surface area contributed by atoms with Gasteiger partial charge in [0.25, 0.3) is 0 Å². The van der Waals surface area contributed by atoms with Crippen molar-refractivity contribution in [1.29, 1.82) is 10.5 Å². The largest absolute Gasteiger partial charge is 0.198 e. The Kier molecular flexibility index (Phi) is 5.39. The lowest BCUT2D eigenvalue weighted by Crippen LogP contribution is -2.09. The Labute approximate surface area is 137 Å². The van der Waals surface area contributed by atoms with Crippen molar-refractivity contribution in [2.75, 3.05) is 0 Å². The van der Waals surface area contributed by atoms with Crippen LogP contribution in [0.3, 0.4) is 0 Å². The summed E-state index contributed by atoms with van der Waals surface area (Å²) in [5.41, 5.74) is 1.87. The molecule has 0 fully saturated rings. The Morgan fingerprint density at radius 3 is 2.05 bits per heavy atom. The van der Waals surface area contributed by atoms with E-state index in [1.165, 1.54) is 0 Å². The van der Waals surface area contributed by atoms with Crippen molar-refractivity contribution in [3.05, 3.63) is 69.2 Å². The zero-order valence-electron chi connectivity index (χ0n) is 11.1. The summed E-state index contributed by atoms with van der Waals surface area (Å²) in [6.07, 6.45) is 0.288. The van der Waals surface area contributed by atoms with Gasteiger partial charge < -0.3 is 0 Å². The minimum atomic E-state index is -0.362. The molecule has 0 N–H and O–H groups in total. The first kappa shape index (κ1) is 15.6. The molecule has 0 aliphatic carbocycles. The molecule has 2 rings (SSSR count). The van der Waals surface area contributed by atoms with Crippen molar-refractivity contribution < 1.29 is 0 Å². The van der Waals surface area contributed by atoms with Crippen LogP contribution in [-0.2, 0) is 0 Å². The second-order valence-electron chi connectivity index (χ2n) is 4.68. The third kappa shape index (κ3) is 3.85. The summed E-state index contributed by atoms with van der Waals surface area (Å²) in [5.74, 6) is -0.530. The minimum Gasteiger partial charge on any atom is -0.198 e. The smallest absolute Gasteiger partial charge is 0.0791 e. The standard InChI is InChI=1S/C17H12BrClN2/c18-14-5-1-13(2-6-14)17(11-21)16(9-10-20)12-3-7-15(19)8-4-12/h1-8,16-17H,9H2. The van der Waals surface area contributed by atoms with E-state index in [1.807, 2.05) is 36.4 Å². The SMILES string of the molecule is N#CCC(c1ccc(Cl)cc1)C(C#N)c1ccc(Br)cc1. The van der Waals surface area contributed by atoms with E-state index in [0.717, 1.165) is 15.6 Å². The third-order valence-electron chi connectivity index (χ3n) is 3.38. The van der Waals surface area contributed by atoms with Gasteiger partial charge in [-0.15, -0.1) is 0 Å². The molecule has 21 heavy (non-hydrogen) atoms. The maximum absolute atomic E-state index is 9.56. The maximum Gasteiger partial charge on any atom is 0.0791 e. The summed E-state index contributed by atoms with van der Waals surface area (Å²) in [7, 11) is 0. The van der Waals surface area contributed by atoms with Crippen molar-refractivity contribution in [2.24, 2.45) is 0 Å². The summed E-state index contributed by atoms with van der Waals surface area (Å²) >= 11 is 9.29. The molecule has 0 radical (unpaired) electrons. The molecular weight excluding hydrogens is 348 g/mol. The Morgan fingerprint density at radius 1 is 0.952 bits per heavy atom. The number of hydrogen-bond donors (Lipinski definition) is 0. The highest BCUT2D eigenvalue weighted by atomic mass is 79.9. The van der Waals surface area contributed by atoms with Crippen molar-refractivity contribution in [1.82, 2.24) is 0 Å². The summed E-state index contributed by atoms with van der Waals surface area (Å²) in [6.45, 7) is 0. The quantitative estimate of drug-likeness (QED) is 0.733. The first-order chi connectivity index (χ1) is 10.2. The van der Waals surface area contributed by atoms with Gasteiger partial charge in [0.15, 0.2) is 0 Å². The molecule has 0 heterocycles. The number of nitriles is 2. The predicted octanol–water partition coefficient (Wildman–Crippen LogP) is 5.41. The molecule has 0 aliphatic rings. The zero-order chi connectivity index (χ0) is 15.2. The Balaban J connectivity index is 2.39. The van der Waals surface area contributed by atoms with E-state index >= 15 is 0 Å². The molecular formula is C17H12BrClN2. The molecule has 0 aromatic heterocycles. The van der Waals surface area contributed by atoms with E-state index in [-0.39, 0.29) is 18.3 Å². The fourth-order valence-corrected chi connectivity index (χ4v) is 2.69. The predicted molar refractivity (Wildman–Crippen MR) is 86.9 cm³/mol. The van der Waals surface area contributed by atoms with Crippen LogP contribution in [0.25, 0.3) is 0 Å². The van der Waals surface area contributed by atoms with Crippen LogP contribution in [0.2, 0.25) is 5.02 Å². The van der Waals surface area contributed by atoms with Crippen molar-refractivity contribution >= 4 is 27.5 Å². The number of benzene rings is 2. The lowest BCUT2D eigenvalue weighted by molar-refractivity contribution is 0.641. The Morgan fingerprint density at radius 2 is 1.52 bits per heavy atom. The van der Waals surface area contributed by atoms with Gasteiger partial charge >= 0.3 is 0 Å². The average molecular weight is 360 g/mol. The normalized spacial score (nSPS) is 13.0. The highest BCUT2D eigenvalue weighted by Crippen LogP contribution is 2.36. The van der Waals surface area contributed by atoms with Crippen LogP contribution in [0.4, 0.5) is 0 Å². The van der Waals surface area contributed by atoms with Gasteiger partial charge in [-0.2, -0.15) is 10.5 Å². The summed E-state index contributed by atoms with van der Waals surface area (Å²) in [4.78, 5) is 0. The molecule has 2 aromatic carbocycles. The van der Waals surface area contributed by atoms with Gasteiger partial charge in [0.2, 0.25) is 0 Å². The molecule has 2 aromatic rings. The maximum atomic E-state index is 9.56. The fourth-order valence-electron chi connectivity index (χ4n) is 2.30. The van der Waals surface area contributed by atoms with E-state index in [9.17, 15) is 5.26 Å². The highest BCUT2D eigenvalue weighted by Gasteiger charge is 2.24. The minimum absolute atomic E-state index is 0.168. The Bertz CT molecular complexity index is 681. The van der Waals surface area contributed by atoms with Crippen LogP contribution in [-0.4, -0.2) is 0 Å². The molecule has 0 saturated carbocycles. The van der Waals surface area contributed by atoms with Crippen molar-refractivity contribution in [2.45, 2.75) is 18.3 Å². The van der Waals surface area contributed by atoms with E-state index in [1.54, 1.807) is 12.1 Å². The van der Waals surface area contributed by atoms with Gasteiger partial charge in [-0.25, -0.2) is 0 Å². The van der Waals surface area contributed by atoms with Crippen molar-refractivity contribution in [3.8, 4) is 12.1 Å². The molecule has 2 nitrogen and oxygen atoms in total. The fraction of sp³-hybridized carbons (Fsp3) is 0.176. The van der Waals surface area contributed by atoms with Gasteiger partial charge in [-0.3, -0.25) is 0 Å². The summed E-state index contributed by atoms with van der Waals surface area (Å²) in [5, 5.41) is 19.3. The van der Waals surface area contributed by atoms with Crippen LogP contribution in [0.1, 0.15) is 29.4 Å². The summed E-state index contributed by atoms with van der Waals surface area (Å²) < 4.78 is 0.964. The number of nitrogens with zero attached hydrogens (tertiary/aromatic N) is 2. The molecule has 4 heteroatoms. The molecule has 0 bridgehead atoms. The van der Waals surface area contributed by atoms with Gasteiger partial charge in [0.05, 0.1) is 18.1 Å². The molecule has 0 aliphatic heterocycles. The van der Waals surface area contributed by atoms with Crippen LogP contribution in [0.15, 0.2) is 53.0 Å². The molecule has 0 spiro atoms.